The van der Waals surface area contributed by atoms with E-state index in [1.807, 2.05) is 13.0 Å². The molecule has 0 spiro atoms. The molecule has 0 atom stereocenters. The summed E-state index contributed by atoms with van der Waals surface area (Å²) in [6.07, 6.45) is 0. The van der Waals surface area contributed by atoms with E-state index in [0.29, 0.717) is 11.3 Å². The van der Waals surface area contributed by atoms with Crippen molar-refractivity contribution in [2.45, 2.75) is 11.8 Å². The summed E-state index contributed by atoms with van der Waals surface area (Å²) in [5.74, 6) is -0.135. The van der Waals surface area contributed by atoms with Crippen LogP contribution < -0.4 is 10.5 Å². The van der Waals surface area contributed by atoms with E-state index >= 15 is 0 Å². The molecule has 2 aromatic carbocycles. The van der Waals surface area contributed by atoms with Gasteiger partial charge in [-0.15, -0.1) is 11.8 Å². The Labute approximate surface area is 131 Å². The number of hydrogen-bond donors (Lipinski definition) is 1. The summed E-state index contributed by atoms with van der Waals surface area (Å²) in [6.45, 7) is 2.00. The maximum absolute atomic E-state index is 13.2. The van der Waals surface area contributed by atoms with Gasteiger partial charge in [-0.25, -0.2) is 8.78 Å². The monoisotopic (exact) mass is 325 g/mol. The van der Waals surface area contributed by atoms with Crippen molar-refractivity contribution < 1.29 is 13.5 Å². The van der Waals surface area contributed by atoms with Crippen LogP contribution in [0.4, 0.5) is 8.78 Å². The molecule has 0 bridgehead atoms. The number of ether oxygens (including phenoxy) is 1. The molecule has 0 radical (unpaired) electrons. The standard InChI is InChI=1S/C15H13F2NOS2/c1-2-21-13-5-3-4-12(14(13)15(18)20)19-11-7-9(16)6-10(17)8-11/h3-8H,2H2,1H3,(H2,18,20). The van der Waals surface area contributed by atoms with E-state index in [2.05, 4.69) is 0 Å². The predicted octanol–water partition coefficient (Wildman–Crippen LogP) is 4.50. The van der Waals surface area contributed by atoms with Crippen LogP contribution in [0.15, 0.2) is 41.3 Å². The maximum Gasteiger partial charge on any atom is 0.138 e. The van der Waals surface area contributed by atoms with Crippen LogP contribution in [-0.2, 0) is 0 Å². The van der Waals surface area contributed by atoms with Crippen LogP contribution in [-0.4, -0.2) is 10.7 Å². The van der Waals surface area contributed by atoms with Crippen molar-refractivity contribution in [3.05, 3.63) is 53.6 Å². The normalized spacial score (nSPS) is 10.4. The molecule has 0 fully saturated rings. The number of nitrogens with two attached hydrogens (primary N) is 1. The highest BCUT2D eigenvalue weighted by Gasteiger charge is 2.14. The van der Waals surface area contributed by atoms with Crippen LogP contribution in [0.5, 0.6) is 11.5 Å². The summed E-state index contributed by atoms with van der Waals surface area (Å²) < 4.78 is 32.0. The van der Waals surface area contributed by atoms with Gasteiger partial charge in [0.25, 0.3) is 0 Å². The van der Waals surface area contributed by atoms with Crippen LogP contribution in [0.2, 0.25) is 0 Å². The van der Waals surface area contributed by atoms with Crippen molar-refractivity contribution in [2.24, 2.45) is 5.73 Å². The topological polar surface area (TPSA) is 35.2 Å². The van der Waals surface area contributed by atoms with E-state index in [1.54, 1.807) is 23.9 Å². The number of rotatable bonds is 5. The molecule has 0 unspecified atom stereocenters. The predicted molar refractivity (Wildman–Crippen MR) is 85.2 cm³/mol. The highest BCUT2D eigenvalue weighted by molar-refractivity contribution is 7.99. The van der Waals surface area contributed by atoms with E-state index in [0.717, 1.165) is 28.8 Å². The Morgan fingerprint density at radius 1 is 1.24 bits per heavy atom. The first-order valence-electron chi connectivity index (χ1n) is 6.20. The van der Waals surface area contributed by atoms with Gasteiger partial charge in [-0.3, -0.25) is 0 Å². The molecule has 21 heavy (non-hydrogen) atoms. The summed E-state index contributed by atoms with van der Waals surface area (Å²) in [5.41, 5.74) is 6.32. The minimum Gasteiger partial charge on any atom is -0.456 e. The van der Waals surface area contributed by atoms with E-state index in [1.165, 1.54) is 0 Å². The average Bonchev–Trinajstić information content (AvgIpc) is 2.37. The van der Waals surface area contributed by atoms with Crippen molar-refractivity contribution in [3.63, 3.8) is 0 Å². The zero-order chi connectivity index (χ0) is 15.4. The van der Waals surface area contributed by atoms with Crippen LogP contribution in [0.1, 0.15) is 12.5 Å². The van der Waals surface area contributed by atoms with Crippen molar-refractivity contribution in [1.82, 2.24) is 0 Å². The van der Waals surface area contributed by atoms with Gasteiger partial charge in [0.2, 0.25) is 0 Å². The Hall–Kier alpha value is -1.66. The third-order valence-corrected chi connectivity index (χ3v) is 3.74. The third kappa shape index (κ3) is 3.92. The average molecular weight is 325 g/mol. The zero-order valence-corrected chi connectivity index (χ0v) is 12.9. The van der Waals surface area contributed by atoms with E-state index < -0.39 is 11.6 Å². The SMILES string of the molecule is CCSc1cccc(Oc2cc(F)cc(F)c2)c1C(N)=S. The Bertz CT molecular complexity index is 656. The minimum atomic E-state index is -0.707. The highest BCUT2D eigenvalue weighted by Crippen LogP contribution is 2.33. The number of thiocarbonyl (C=S) groups is 1. The molecule has 0 aromatic heterocycles. The lowest BCUT2D eigenvalue weighted by atomic mass is 10.2. The molecule has 2 nitrogen and oxygen atoms in total. The molecular weight excluding hydrogens is 312 g/mol. The van der Waals surface area contributed by atoms with Gasteiger partial charge >= 0.3 is 0 Å². The zero-order valence-electron chi connectivity index (χ0n) is 11.2. The summed E-state index contributed by atoms with van der Waals surface area (Å²) in [7, 11) is 0. The van der Waals surface area contributed by atoms with E-state index in [4.69, 9.17) is 22.7 Å². The largest absolute Gasteiger partial charge is 0.456 e. The van der Waals surface area contributed by atoms with Gasteiger partial charge in [-0.05, 0) is 17.9 Å². The summed E-state index contributed by atoms with van der Waals surface area (Å²) in [4.78, 5) is 1.05. The molecule has 0 heterocycles. The molecule has 0 saturated carbocycles. The first-order chi connectivity index (χ1) is 10.0. The molecule has 2 aromatic rings. The van der Waals surface area contributed by atoms with Gasteiger partial charge in [-0.1, -0.05) is 25.2 Å². The van der Waals surface area contributed by atoms with Crippen LogP contribution in [0.25, 0.3) is 0 Å². The van der Waals surface area contributed by atoms with Crippen LogP contribution >= 0.6 is 24.0 Å². The van der Waals surface area contributed by atoms with Gasteiger partial charge in [-0.2, -0.15) is 0 Å². The fraction of sp³-hybridized carbons (Fsp3) is 0.133. The molecule has 0 aliphatic carbocycles. The summed E-state index contributed by atoms with van der Waals surface area (Å²) in [6, 6.07) is 8.31. The van der Waals surface area contributed by atoms with Crippen molar-refractivity contribution in [3.8, 4) is 11.5 Å². The second kappa shape index (κ2) is 6.87. The Morgan fingerprint density at radius 3 is 2.48 bits per heavy atom. The second-order valence-corrected chi connectivity index (χ2v) is 5.88. The lowest BCUT2D eigenvalue weighted by Gasteiger charge is -2.14. The summed E-state index contributed by atoms with van der Waals surface area (Å²) >= 11 is 6.62. The highest BCUT2D eigenvalue weighted by atomic mass is 32.2. The van der Waals surface area contributed by atoms with E-state index in [9.17, 15) is 8.78 Å². The van der Waals surface area contributed by atoms with Crippen LogP contribution in [0, 0.1) is 11.6 Å². The summed E-state index contributed by atoms with van der Waals surface area (Å²) in [5, 5.41) is 0. The molecule has 0 amide bonds. The lowest BCUT2D eigenvalue weighted by Crippen LogP contribution is -2.12. The van der Waals surface area contributed by atoms with Crippen molar-refractivity contribution in [1.29, 1.82) is 0 Å². The minimum absolute atomic E-state index is 0.0589. The van der Waals surface area contributed by atoms with Gasteiger partial charge < -0.3 is 10.5 Å². The van der Waals surface area contributed by atoms with Gasteiger partial charge in [0.15, 0.2) is 0 Å². The molecule has 6 heteroatoms. The van der Waals surface area contributed by atoms with Gasteiger partial charge in [0.05, 0.1) is 5.56 Å². The fourth-order valence-electron chi connectivity index (χ4n) is 1.83. The Kier molecular flexibility index (Phi) is 5.14. The number of benzene rings is 2. The van der Waals surface area contributed by atoms with Gasteiger partial charge in [0, 0.05) is 23.1 Å². The lowest BCUT2D eigenvalue weighted by molar-refractivity contribution is 0.466. The number of thioether (sulfide) groups is 1. The maximum atomic E-state index is 13.2. The number of halogens is 2. The molecule has 0 aliphatic rings. The molecular formula is C15H13F2NOS2. The molecule has 2 N–H and O–H groups in total. The quantitative estimate of drug-likeness (QED) is 0.648. The molecule has 0 saturated heterocycles. The fourth-order valence-corrected chi connectivity index (χ4v) is 2.94. The molecule has 2 rings (SSSR count). The molecule has 110 valence electrons. The first kappa shape index (κ1) is 15.7. The van der Waals surface area contributed by atoms with E-state index in [-0.39, 0.29) is 10.7 Å². The first-order valence-corrected chi connectivity index (χ1v) is 7.60. The van der Waals surface area contributed by atoms with Crippen molar-refractivity contribution in [2.75, 3.05) is 5.75 Å². The van der Waals surface area contributed by atoms with Crippen molar-refractivity contribution >= 4 is 29.0 Å². The van der Waals surface area contributed by atoms with Crippen LogP contribution in [0.3, 0.4) is 0 Å². The number of hydrogen-bond acceptors (Lipinski definition) is 3. The van der Waals surface area contributed by atoms with Gasteiger partial charge in [0.1, 0.15) is 28.1 Å². The third-order valence-electron chi connectivity index (χ3n) is 2.60. The smallest absolute Gasteiger partial charge is 0.138 e. The second-order valence-electron chi connectivity index (χ2n) is 4.13. The molecule has 0 aliphatic heterocycles. The Balaban J connectivity index is 2.43. The Morgan fingerprint density at radius 2 is 1.90 bits per heavy atom.